The number of rotatable bonds is 2. The number of nitrogens with zero attached hydrogens (tertiary/aromatic N) is 1. The Morgan fingerprint density at radius 2 is 1.89 bits per heavy atom. The first-order valence-corrected chi connectivity index (χ1v) is 7.44. The molecule has 100 valence electrons. The van der Waals surface area contributed by atoms with Crippen molar-refractivity contribution in [2.75, 3.05) is 13.1 Å². The van der Waals surface area contributed by atoms with Gasteiger partial charge in [-0.15, -0.1) is 0 Å². The van der Waals surface area contributed by atoms with Crippen molar-refractivity contribution in [2.45, 2.75) is 31.6 Å². The van der Waals surface area contributed by atoms with Crippen molar-refractivity contribution in [3.63, 3.8) is 0 Å². The van der Waals surface area contributed by atoms with E-state index in [0.29, 0.717) is 13.1 Å². The van der Waals surface area contributed by atoms with E-state index in [4.69, 9.17) is 0 Å². The molecule has 1 aromatic heterocycles. The first-order valence-electron chi connectivity index (χ1n) is 6.00. The summed E-state index contributed by atoms with van der Waals surface area (Å²) in [6, 6.07) is 1.24. The van der Waals surface area contributed by atoms with Crippen LogP contribution >= 0.6 is 0 Å². The SMILES string of the molecule is CC1(C)CCN(S(=O)(=O)c2c[nH]ccc2=O)CC1. The van der Waals surface area contributed by atoms with Crippen molar-refractivity contribution < 1.29 is 8.42 Å². The third-order valence-electron chi connectivity index (χ3n) is 3.48. The predicted molar refractivity (Wildman–Crippen MR) is 68.8 cm³/mol. The van der Waals surface area contributed by atoms with Crippen molar-refractivity contribution in [2.24, 2.45) is 5.41 Å². The second kappa shape index (κ2) is 4.51. The Morgan fingerprint density at radius 1 is 1.28 bits per heavy atom. The molecule has 0 atom stereocenters. The number of H-pyrrole nitrogens is 1. The molecule has 0 bridgehead atoms. The molecule has 2 heterocycles. The maximum atomic E-state index is 12.3. The Bertz CT molecular complexity index is 579. The Balaban J connectivity index is 2.29. The summed E-state index contributed by atoms with van der Waals surface area (Å²) in [5, 5.41) is 0. The lowest BCUT2D eigenvalue weighted by Crippen LogP contribution is -2.42. The van der Waals surface area contributed by atoms with Crippen molar-refractivity contribution in [1.82, 2.24) is 9.29 Å². The normalized spacial score (nSPS) is 20.8. The van der Waals surface area contributed by atoms with Crippen molar-refractivity contribution in [3.05, 3.63) is 28.7 Å². The lowest BCUT2D eigenvalue weighted by atomic mass is 9.83. The van der Waals surface area contributed by atoms with Crippen molar-refractivity contribution >= 4 is 10.0 Å². The van der Waals surface area contributed by atoms with Crippen LogP contribution in [0.3, 0.4) is 0 Å². The largest absolute Gasteiger partial charge is 0.366 e. The lowest BCUT2D eigenvalue weighted by molar-refractivity contribution is 0.195. The highest BCUT2D eigenvalue weighted by Gasteiger charge is 2.33. The minimum atomic E-state index is -3.65. The van der Waals surface area contributed by atoms with Crippen LogP contribution in [0.5, 0.6) is 0 Å². The average Bonchev–Trinajstić information content (AvgIpc) is 2.28. The van der Waals surface area contributed by atoms with Gasteiger partial charge in [0.1, 0.15) is 4.90 Å². The molecule has 0 saturated carbocycles. The van der Waals surface area contributed by atoms with Gasteiger partial charge in [0.05, 0.1) is 0 Å². The molecule has 1 saturated heterocycles. The van der Waals surface area contributed by atoms with E-state index in [2.05, 4.69) is 18.8 Å². The third kappa shape index (κ3) is 2.49. The highest BCUT2D eigenvalue weighted by Crippen LogP contribution is 2.31. The molecule has 6 heteroatoms. The monoisotopic (exact) mass is 270 g/mol. The minimum Gasteiger partial charge on any atom is -0.366 e. The van der Waals surface area contributed by atoms with E-state index < -0.39 is 15.5 Å². The van der Waals surface area contributed by atoms with Gasteiger partial charge >= 0.3 is 0 Å². The smallest absolute Gasteiger partial charge is 0.248 e. The number of hydrogen-bond donors (Lipinski definition) is 1. The van der Waals surface area contributed by atoms with Crippen molar-refractivity contribution in [3.8, 4) is 0 Å². The highest BCUT2D eigenvalue weighted by molar-refractivity contribution is 7.89. The second-order valence-electron chi connectivity index (χ2n) is 5.44. The van der Waals surface area contributed by atoms with Crippen LogP contribution in [-0.4, -0.2) is 30.8 Å². The number of piperidine rings is 1. The van der Waals surface area contributed by atoms with E-state index in [1.54, 1.807) is 0 Å². The van der Waals surface area contributed by atoms with E-state index in [-0.39, 0.29) is 10.3 Å². The minimum absolute atomic E-state index is 0.162. The Hall–Kier alpha value is -1.14. The van der Waals surface area contributed by atoms with Gasteiger partial charge in [0, 0.05) is 31.5 Å². The van der Waals surface area contributed by atoms with Crippen LogP contribution in [0, 0.1) is 5.41 Å². The van der Waals surface area contributed by atoms with Crippen LogP contribution in [-0.2, 0) is 10.0 Å². The topological polar surface area (TPSA) is 70.2 Å². The Morgan fingerprint density at radius 3 is 2.44 bits per heavy atom. The summed E-state index contributed by atoms with van der Waals surface area (Å²) >= 11 is 0. The van der Waals surface area contributed by atoms with Crippen LogP contribution in [0.4, 0.5) is 0 Å². The summed E-state index contributed by atoms with van der Waals surface area (Å²) in [5.41, 5.74) is -0.284. The number of sulfonamides is 1. The molecule has 2 rings (SSSR count). The van der Waals surface area contributed by atoms with Crippen LogP contribution in [0.1, 0.15) is 26.7 Å². The zero-order valence-corrected chi connectivity index (χ0v) is 11.5. The molecule has 0 radical (unpaired) electrons. The number of hydrogen-bond acceptors (Lipinski definition) is 3. The molecule has 0 spiro atoms. The highest BCUT2D eigenvalue weighted by atomic mass is 32.2. The Labute approximate surface area is 107 Å². The summed E-state index contributed by atoms with van der Waals surface area (Å²) in [6.07, 6.45) is 4.33. The molecule has 0 unspecified atom stereocenters. The number of pyridine rings is 1. The number of nitrogens with one attached hydrogen (secondary N) is 1. The number of aromatic amines is 1. The summed E-state index contributed by atoms with van der Waals surface area (Å²) in [5.74, 6) is 0. The van der Waals surface area contributed by atoms with Gasteiger partial charge in [0.25, 0.3) is 0 Å². The third-order valence-corrected chi connectivity index (χ3v) is 5.40. The molecule has 0 aromatic carbocycles. The summed E-state index contributed by atoms with van der Waals surface area (Å²) in [6.45, 7) is 5.21. The second-order valence-corrected chi connectivity index (χ2v) is 7.35. The molecule has 18 heavy (non-hydrogen) atoms. The maximum absolute atomic E-state index is 12.3. The quantitative estimate of drug-likeness (QED) is 0.877. The van der Waals surface area contributed by atoms with E-state index >= 15 is 0 Å². The molecule has 1 aliphatic heterocycles. The summed E-state index contributed by atoms with van der Waals surface area (Å²) < 4.78 is 26.1. The van der Waals surface area contributed by atoms with Gasteiger partial charge in [-0.05, 0) is 18.3 Å². The first kappa shape index (κ1) is 13.3. The van der Waals surface area contributed by atoms with Gasteiger partial charge in [0.15, 0.2) is 0 Å². The maximum Gasteiger partial charge on any atom is 0.248 e. The van der Waals surface area contributed by atoms with E-state index in [0.717, 1.165) is 12.8 Å². The van der Waals surface area contributed by atoms with Crippen LogP contribution < -0.4 is 5.43 Å². The van der Waals surface area contributed by atoms with Crippen LogP contribution in [0.15, 0.2) is 28.2 Å². The molecule has 0 amide bonds. The van der Waals surface area contributed by atoms with E-state index in [1.165, 1.54) is 22.8 Å². The fourth-order valence-electron chi connectivity index (χ4n) is 2.07. The molecular formula is C12H18N2O3S. The van der Waals surface area contributed by atoms with Gasteiger partial charge in [-0.3, -0.25) is 4.79 Å². The molecule has 0 aliphatic carbocycles. The summed E-state index contributed by atoms with van der Waals surface area (Å²) in [4.78, 5) is 14.1. The number of aromatic nitrogens is 1. The van der Waals surface area contributed by atoms with E-state index in [9.17, 15) is 13.2 Å². The summed E-state index contributed by atoms with van der Waals surface area (Å²) in [7, 11) is -3.65. The molecule has 1 aromatic rings. The zero-order valence-electron chi connectivity index (χ0n) is 10.6. The van der Waals surface area contributed by atoms with Crippen molar-refractivity contribution in [1.29, 1.82) is 0 Å². The fourth-order valence-corrected chi connectivity index (χ4v) is 3.55. The van der Waals surface area contributed by atoms with Crippen LogP contribution in [0.2, 0.25) is 0 Å². The standard InChI is InChI=1S/C12H18N2O3S/c1-12(2)4-7-14(8-5-12)18(16,17)11-9-13-6-3-10(11)15/h3,6,9H,4-5,7-8H2,1-2H3,(H,13,15). The van der Waals surface area contributed by atoms with Gasteiger partial charge in [-0.1, -0.05) is 13.8 Å². The molecular weight excluding hydrogens is 252 g/mol. The van der Waals surface area contributed by atoms with Gasteiger partial charge in [0.2, 0.25) is 15.5 Å². The molecule has 1 fully saturated rings. The van der Waals surface area contributed by atoms with Gasteiger partial charge < -0.3 is 4.98 Å². The van der Waals surface area contributed by atoms with Gasteiger partial charge in [-0.25, -0.2) is 8.42 Å². The first-order chi connectivity index (χ1) is 8.33. The Kier molecular flexibility index (Phi) is 3.33. The zero-order chi connectivity index (χ0) is 13.4. The molecule has 1 N–H and O–H groups in total. The average molecular weight is 270 g/mol. The van der Waals surface area contributed by atoms with Gasteiger partial charge in [-0.2, -0.15) is 4.31 Å². The van der Waals surface area contributed by atoms with E-state index in [1.807, 2.05) is 0 Å². The lowest BCUT2D eigenvalue weighted by Gasteiger charge is -2.35. The molecule has 5 nitrogen and oxygen atoms in total. The fraction of sp³-hybridized carbons (Fsp3) is 0.583. The predicted octanol–water partition coefficient (Wildman–Crippen LogP) is 1.19. The molecule has 1 aliphatic rings. The van der Waals surface area contributed by atoms with Crippen LogP contribution in [0.25, 0.3) is 0 Å².